The number of benzene rings is 3. The maximum absolute atomic E-state index is 13.3. The molecule has 200 valence electrons. The molecule has 0 unspecified atom stereocenters. The van der Waals surface area contributed by atoms with Crippen molar-refractivity contribution < 1.29 is 19.8 Å². The Morgan fingerprint density at radius 1 is 0.737 bits per heavy atom. The van der Waals surface area contributed by atoms with Crippen LogP contribution in [0.15, 0.2) is 91.0 Å². The van der Waals surface area contributed by atoms with E-state index in [1.807, 2.05) is 78.9 Å². The molecule has 0 spiro atoms. The highest BCUT2D eigenvalue weighted by Gasteiger charge is 2.28. The van der Waals surface area contributed by atoms with E-state index < -0.39 is 18.2 Å². The summed E-state index contributed by atoms with van der Waals surface area (Å²) in [6.07, 6.45) is -1.09. The number of nitrogens with one attached hydrogen (secondary N) is 2. The smallest absolute Gasteiger partial charge is 0.404 e. The van der Waals surface area contributed by atoms with Crippen molar-refractivity contribution >= 4 is 17.8 Å². The minimum absolute atomic E-state index is 0.170. The number of hydrogen-bond donors (Lipinski definition) is 4. The standard InChI is InChI=1S/C30H36N4O4/c35-28(27(32-30(37)38)21-24-12-6-2-7-13-24)22-25(20-23-10-4-1-5-11-23)31-29(36)34-18-16-33(17-19-34)26-14-8-3-9-15-26/h1-15,25,27-28,32,35H,16-22H2,(H,31,36)(H,37,38)/t25-,27-,28+/m0/s1. The van der Waals surface area contributed by atoms with E-state index >= 15 is 0 Å². The lowest BCUT2D eigenvalue weighted by atomic mass is 9.93. The molecule has 0 aliphatic carbocycles. The van der Waals surface area contributed by atoms with Gasteiger partial charge in [0.25, 0.3) is 0 Å². The van der Waals surface area contributed by atoms with Crippen LogP contribution in [0.3, 0.4) is 0 Å². The molecule has 3 atom stereocenters. The Morgan fingerprint density at radius 2 is 1.26 bits per heavy atom. The lowest BCUT2D eigenvalue weighted by Gasteiger charge is -2.37. The first-order valence-corrected chi connectivity index (χ1v) is 13.1. The number of anilines is 1. The molecule has 1 heterocycles. The van der Waals surface area contributed by atoms with Gasteiger partial charge < -0.3 is 30.6 Å². The third-order valence-electron chi connectivity index (χ3n) is 6.94. The molecule has 1 aliphatic heterocycles. The van der Waals surface area contributed by atoms with E-state index in [1.54, 1.807) is 4.90 Å². The fourth-order valence-electron chi connectivity index (χ4n) is 4.93. The first kappa shape index (κ1) is 27.0. The number of piperazine rings is 1. The highest BCUT2D eigenvalue weighted by Crippen LogP contribution is 2.17. The molecule has 1 aliphatic rings. The van der Waals surface area contributed by atoms with Gasteiger partial charge in [-0.1, -0.05) is 78.9 Å². The Labute approximate surface area is 223 Å². The fraction of sp³-hybridized carbons (Fsp3) is 0.333. The molecule has 3 aromatic rings. The van der Waals surface area contributed by atoms with Gasteiger partial charge >= 0.3 is 12.1 Å². The number of rotatable bonds is 10. The number of nitrogens with zero attached hydrogens (tertiary/aromatic N) is 2. The van der Waals surface area contributed by atoms with E-state index in [2.05, 4.69) is 27.7 Å². The average Bonchev–Trinajstić information content (AvgIpc) is 2.94. The minimum atomic E-state index is -1.19. The predicted octanol–water partition coefficient (Wildman–Crippen LogP) is 3.76. The Balaban J connectivity index is 1.41. The van der Waals surface area contributed by atoms with E-state index in [4.69, 9.17) is 0 Å². The van der Waals surface area contributed by atoms with Gasteiger partial charge in [0.1, 0.15) is 0 Å². The first-order valence-electron chi connectivity index (χ1n) is 13.1. The quantitative estimate of drug-likeness (QED) is 0.329. The van der Waals surface area contributed by atoms with Crippen LogP contribution in [0, 0.1) is 0 Å². The second kappa shape index (κ2) is 13.5. The number of aliphatic hydroxyl groups is 1. The number of hydrogen-bond acceptors (Lipinski definition) is 4. The zero-order valence-corrected chi connectivity index (χ0v) is 21.4. The van der Waals surface area contributed by atoms with E-state index in [9.17, 15) is 19.8 Å². The van der Waals surface area contributed by atoms with Gasteiger partial charge in [0.05, 0.1) is 12.1 Å². The van der Waals surface area contributed by atoms with Crippen LogP contribution in [0.4, 0.5) is 15.3 Å². The van der Waals surface area contributed by atoms with E-state index in [-0.39, 0.29) is 18.5 Å². The maximum atomic E-state index is 13.3. The Kier molecular flexibility index (Phi) is 9.59. The van der Waals surface area contributed by atoms with Gasteiger partial charge in [-0.3, -0.25) is 0 Å². The largest absolute Gasteiger partial charge is 0.465 e. The van der Waals surface area contributed by atoms with Crippen LogP contribution in [-0.2, 0) is 12.8 Å². The molecule has 3 amide bonds. The topological polar surface area (TPSA) is 105 Å². The lowest BCUT2D eigenvalue weighted by Crippen LogP contribution is -2.55. The molecule has 0 radical (unpaired) electrons. The minimum Gasteiger partial charge on any atom is -0.465 e. The molecule has 8 nitrogen and oxygen atoms in total. The SMILES string of the molecule is O=C(O)N[C@@H](Cc1ccccc1)[C@H](O)C[C@H](Cc1ccccc1)NC(=O)N1CCN(c2ccccc2)CC1. The molecule has 8 heteroatoms. The van der Waals surface area contributed by atoms with Crippen LogP contribution in [0.1, 0.15) is 17.5 Å². The molecule has 1 saturated heterocycles. The Morgan fingerprint density at radius 3 is 1.82 bits per heavy atom. The predicted molar refractivity (Wildman–Crippen MR) is 148 cm³/mol. The van der Waals surface area contributed by atoms with Crippen molar-refractivity contribution in [1.82, 2.24) is 15.5 Å². The van der Waals surface area contributed by atoms with Crippen molar-refractivity contribution in [2.75, 3.05) is 31.1 Å². The third-order valence-corrected chi connectivity index (χ3v) is 6.94. The van der Waals surface area contributed by atoms with Crippen molar-refractivity contribution in [3.05, 3.63) is 102 Å². The highest BCUT2D eigenvalue weighted by atomic mass is 16.4. The summed E-state index contributed by atoms with van der Waals surface area (Å²) in [4.78, 5) is 28.8. The van der Waals surface area contributed by atoms with Crippen LogP contribution in [0.25, 0.3) is 0 Å². The molecule has 1 fully saturated rings. The molecule has 4 N–H and O–H groups in total. The van der Waals surface area contributed by atoms with Gasteiger partial charge in [-0.15, -0.1) is 0 Å². The molecule has 0 aromatic heterocycles. The Bertz CT molecular complexity index is 1140. The summed E-state index contributed by atoms with van der Waals surface area (Å²) in [6.45, 7) is 2.67. The van der Waals surface area contributed by atoms with Crippen molar-refractivity contribution in [3.63, 3.8) is 0 Å². The molecule has 38 heavy (non-hydrogen) atoms. The second-order valence-corrected chi connectivity index (χ2v) is 9.69. The van der Waals surface area contributed by atoms with Crippen molar-refractivity contribution in [2.24, 2.45) is 0 Å². The average molecular weight is 517 g/mol. The first-order chi connectivity index (χ1) is 18.5. The number of urea groups is 1. The van der Waals surface area contributed by atoms with Gasteiger partial charge in [0.15, 0.2) is 0 Å². The van der Waals surface area contributed by atoms with Crippen LogP contribution in [0.2, 0.25) is 0 Å². The summed E-state index contributed by atoms with van der Waals surface area (Å²) in [6, 6.07) is 28.2. The molecule has 3 aromatic carbocycles. The summed E-state index contributed by atoms with van der Waals surface area (Å²) < 4.78 is 0. The summed E-state index contributed by atoms with van der Waals surface area (Å²) in [5.74, 6) is 0. The van der Waals surface area contributed by atoms with Crippen LogP contribution >= 0.6 is 0 Å². The summed E-state index contributed by atoms with van der Waals surface area (Å²) in [5.41, 5.74) is 3.10. The molecule has 0 saturated carbocycles. The molecule has 4 rings (SSSR count). The zero-order valence-electron chi connectivity index (χ0n) is 21.4. The maximum Gasteiger partial charge on any atom is 0.404 e. The molecular weight excluding hydrogens is 480 g/mol. The van der Waals surface area contributed by atoms with E-state index in [1.165, 1.54) is 0 Å². The van der Waals surface area contributed by atoms with E-state index in [0.29, 0.717) is 25.9 Å². The van der Waals surface area contributed by atoms with Gasteiger partial charge in [0.2, 0.25) is 0 Å². The lowest BCUT2D eigenvalue weighted by molar-refractivity contribution is 0.101. The fourth-order valence-corrected chi connectivity index (χ4v) is 4.93. The number of amides is 3. The van der Waals surface area contributed by atoms with Crippen LogP contribution in [0.5, 0.6) is 0 Å². The monoisotopic (exact) mass is 516 g/mol. The zero-order chi connectivity index (χ0) is 26.7. The summed E-state index contributed by atoms with van der Waals surface area (Å²) >= 11 is 0. The highest BCUT2D eigenvalue weighted by molar-refractivity contribution is 5.75. The van der Waals surface area contributed by atoms with Gasteiger partial charge in [-0.2, -0.15) is 0 Å². The number of carbonyl (C=O) groups is 2. The van der Waals surface area contributed by atoms with Gasteiger partial charge in [-0.05, 0) is 42.5 Å². The molecular formula is C30H36N4O4. The summed E-state index contributed by atoms with van der Waals surface area (Å²) in [5, 5.41) is 26.1. The normalized spacial score (nSPS) is 15.8. The summed E-state index contributed by atoms with van der Waals surface area (Å²) in [7, 11) is 0. The Hall–Kier alpha value is -4.04. The van der Waals surface area contributed by atoms with Gasteiger partial charge in [-0.25, -0.2) is 9.59 Å². The number of para-hydroxylation sites is 1. The van der Waals surface area contributed by atoms with Crippen LogP contribution in [-0.4, -0.2) is 71.6 Å². The second-order valence-electron chi connectivity index (χ2n) is 9.69. The van der Waals surface area contributed by atoms with Gasteiger partial charge in [0, 0.05) is 37.9 Å². The van der Waals surface area contributed by atoms with Crippen molar-refractivity contribution in [3.8, 4) is 0 Å². The third kappa shape index (κ3) is 7.98. The van der Waals surface area contributed by atoms with E-state index in [0.717, 1.165) is 29.9 Å². The van der Waals surface area contributed by atoms with Crippen molar-refractivity contribution in [1.29, 1.82) is 0 Å². The van der Waals surface area contributed by atoms with Crippen molar-refractivity contribution in [2.45, 2.75) is 37.5 Å². The number of carboxylic acid groups (broad SMARTS) is 1. The van der Waals surface area contributed by atoms with Crippen LogP contribution < -0.4 is 15.5 Å². The number of aliphatic hydroxyl groups excluding tert-OH is 1. The molecule has 0 bridgehead atoms. The number of carbonyl (C=O) groups excluding carboxylic acids is 1.